The van der Waals surface area contributed by atoms with E-state index in [0.717, 1.165) is 0 Å². The summed E-state index contributed by atoms with van der Waals surface area (Å²) < 4.78 is 542. The van der Waals surface area contributed by atoms with Crippen molar-refractivity contribution in [1.82, 2.24) is 0 Å². The molecular weight excluding hydrogens is 1200 g/mol. The van der Waals surface area contributed by atoms with Crippen LogP contribution in [0.4, 0.5) is 176 Å². The maximum atomic E-state index is 14.4. The summed E-state index contributed by atoms with van der Waals surface area (Å²) in [5.74, 6) is -177. The molecule has 0 saturated carbocycles. The van der Waals surface area contributed by atoms with Gasteiger partial charge in [-0.3, -0.25) is 0 Å². The predicted molar refractivity (Wildman–Crippen MR) is 131 cm³/mol. The number of carbonyl (C=O) groups excluding carboxylic acids is 1. The summed E-state index contributed by atoms with van der Waals surface area (Å²) in [6.45, 7) is 0. The van der Waals surface area contributed by atoms with E-state index in [0.29, 0.717) is 0 Å². The molecule has 0 aromatic heterocycles. The lowest BCUT2D eigenvalue weighted by atomic mass is 9.86. The lowest BCUT2D eigenvalue weighted by Gasteiger charge is -2.45. The van der Waals surface area contributed by atoms with Crippen LogP contribution in [-0.2, 0) is 9.53 Å². The summed E-state index contributed by atoms with van der Waals surface area (Å²) in [6.07, 6.45) is 0. The fourth-order valence-electron chi connectivity index (χ4n) is 3.67. The van der Waals surface area contributed by atoms with Crippen molar-refractivity contribution in [3.8, 4) is 0 Å². The molecule has 0 aromatic rings. The van der Waals surface area contributed by atoms with Crippen LogP contribution in [-0.4, -0.2) is 128 Å². The van der Waals surface area contributed by atoms with Crippen LogP contribution >= 0.6 is 46.4 Å². The fraction of sp³-hybridized carbons (Fsp3) is 0.955. The maximum absolute atomic E-state index is 14.4. The number of esters is 1. The molecule has 408 valence electrons. The van der Waals surface area contributed by atoms with Crippen LogP contribution in [0.3, 0.4) is 0 Å². The zero-order chi connectivity index (χ0) is 56.8. The van der Waals surface area contributed by atoms with E-state index in [2.05, 4.69) is 46.4 Å². The van der Waals surface area contributed by atoms with Gasteiger partial charge in [-0.2, -0.15) is 176 Å². The van der Waals surface area contributed by atoms with Crippen molar-refractivity contribution in [2.24, 2.45) is 0 Å². The van der Waals surface area contributed by atoms with Gasteiger partial charge >= 0.3 is 128 Å². The Morgan fingerprint density at radius 2 is 0.353 bits per heavy atom. The van der Waals surface area contributed by atoms with Gasteiger partial charge in [-0.1, -0.05) is 23.2 Å². The molecule has 0 amide bonds. The Kier molecular flexibility index (Phi) is 15.6. The van der Waals surface area contributed by atoms with E-state index >= 15 is 0 Å². The van der Waals surface area contributed by atoms with Crippen molar-refractivity contribution in [3.63, 3.8) is 0 Å². The monoisotopic (exact) mass is 1200 g/mol. The molecule has 0 aromatic carbocycles. The first-order valence-electron chi connectivity index (χ1n) is 13.9. The molecule has 0 radical (unpaired) electrons. The average molecular weight is 1200 g/mol. The highest BCUT2D eigenvalue weighted by atomic mass is 35.5. The van der Waals surface area contributed by atoms with Gasteiger partial charge in [0.05, 0.1) is 0 Å². The van der Waals surface area contributed by atoms with Gasteiger partial charge < -0.3 is 4.74 Å². The van der Waals surface area contributed by atoms with E-state index in [1.165, 1.54) is 0 Å². The normalized spacial score (nSPS) is 17.2. The van der Waals surface area contributed by atoms with Crippen molar-refractivity contribution >= 4 is 52.4 Å². The lowest BCUT2D eigenvalue weighted by molar-refractivity contribution is -0.468. The zero-order valence-electron chi connectivity index (χ0n) is 28.4. The van der Waals surface area contributed by atoms with E-state index in [4.69, 9.17) is 0 Å². The van der Waals surface area contributed by atoms with Crippen LogP contribution < -0.4 is 0 Å². The highest BCUT2D eigenvalue weighted by molar-refractivity contribution is 6.48. The second kappa shape index (κ2) is 16.2. The quantitative estimate of drug-likeness (QED) is 0.0650. The number of ether oxygens (including phenoxy) is 1. The van der Waals surface area contributed by atoms with Crippen molar-refractivity contribution in [2.75, 3.05) is 0 Å². The molecule has 0 N–H and O–H groups in total. The predicted octanol–water partition coefficient (Wildman–Crippen LogP) is 14.8. The minimum absolute atomic E-state index is 1.63. The zero-order valence-corrected chi connectivity index (χ0v) is 31.5. The summed E-state index contributed by atoms with van der Waals surface area (Å²) in [5.41, 5.74) is 0. The molecule has 0 bridgehead atoms. The fourth-order valence-corrected chi connectivity index (χ4v) is 4.29. The van der Waals surface area contributed by atoms with Gasteiger partial charge in [-0.15, -0.1) is 0 Å². The van der Waals surface area contributed by atoms with Crippen LogP contribution in [0, 0.1) is 0 Å². The molecular formula is C22Cl4F40O2. The number of halogens is 44. The first-order valence-corrected chi connectivity index (χ1v) is 15.4. The van der Waals surface area contributed by atoms with E-state index in [9.17, 15) is 180 Å². The summed E-state index contributed by atoms with van der Waals surface area (Å²) in [4.78, 5) is 11.4. The molecule has 0 aliphatic rings. The summed E-state index contributed by atoms with van der Waals surface area (Å²) in [5, 5.41) is -14.9. The molecule has 0 rings (SSSR count). The first kappa shape index (κ1) is 65.8. The Hall–Kier alpha value is -2.17. The highest BCUT2D eigenvalue weighted by Crippen LogP contribution is 2.70. The minimum atomic E-state index is -9.99. The Morgan fingerprint density at radius 3 is 0.515 bits per heavy atom. The molecule has 46 heteroatoms. The van der Waals surface area contributed by atoms with Gasteiger partial charge in [0.2, 0.25) is 0 Å². The van der Waals surface area contributed by atoms with Crippen molar-refractivity contribution in [2.45, 2.75) is 122 Å². The van der Waals surface area contributed by atoms with Crippen LogP contribution in [0.25, 0.3) is 0 Å². The summed E-state index contributed by atoms with van der Waals surface area (Å²) in [6, 6.07) is 0. The summed E-state index contributed by atoms with van der Waals surface area (Å²) >= 11 is 13.8. The van der Waals surface area contributed by atoms with E-state index in [1.54, 1.807) is 4.74 Å². The number of hydrogen-bond acceptors (Lipinski definition) is 2. The molecule has 0 unspecified atom stereocenters. The molecule has 0 saturated heterocycles. The molecule has 0 atom stereocenters. The van der Waals surface area contributed by atoms with Crippen molar-refractivity contribution in [3.05, 3.63) is 0 Å². The number of rotatable bonds is 21. The Labute approximate surface area is 360 Å². The smallest absolute Gasteiger partial charge is 0.411 e. The standard InChI is InChI=1S/C22Cl4F40O2/c23-20(24,17(57,58)14(51,52)11(45,46)8(39,40)7(37,38)10(43,44)13(49,50)16(55,56)19(61,62)22(26,65)66)68-1(67)2(27,28)3(29,30)4(31,32)5(33,34)6(35,36)9(41,42)12(47,48)15(53,54)18(59,60)21(25,63)64. The van der Waals surface area contributed by atoms with Gasteiger partial charge in [0, 0.05) is 0 Å². The van der Waals surface area contributed by atoms with Crippen LogP contribution in [0.2, 0.25) is 0 Å². The molecule has 0 heterocycles. The van der Waals surface area contributed by atoms with Gasteiger partial charge in [0.15, 0.2) is 0 Å². The number of carbonyl (C=O) groups is 1. The molecule has 2 nitrogen and oxygen atoms in total. The van der Waals surface area contributed by atoms with E-state index in [-0.39, 0.29) is 0 Å². The van der Waals surface area contributed by atoms with Crippen molar-refractivity contribution < 1.29 is 185 Å². The average Bonchev–Trinajstić information content (AvgIpc) is 3.08. The molecule has 0 spiro atoms. The third kappa shape index (κ3) is 7.79. The van der Waals surface area contributed by atoms with E-state index < -0.39 is 128 Å². The number of alkyl halides is 44. The molecule has 0 aliphatic carbocycles. The lowest BCUT2D eigenvalue weighted by Crippen LogP contribution is -2.78. The second-order valence-corrected chi connectivity index (χ2v) is 14.4. The molecule has 0 fully saturated rings. The van der Waals surface area contributed by atoms with Gasteiger partial charge in [0.25, 0.3) is 0 Å². The van der Waals surface area contributed by atoms with Gasteiger partial charge in [0.1, 0.15) is 0 Å². The largest absolute Gasteiger partial charge is 0.417 e. The minimum Gasteiger partial charge on any atom is -0.417 e. The Bertz CT molecular complexity index is 1870. The third-order valence-corrected chi connectivity index (χ3v) is 8.97. The van der Waals surface area contributed by atoms with Gasteiger partial charge in [-0.25, -0.2) is 4.79 Å². The number of hydrogen-bond donors (Lipinski definition) is 0. The SMILES string of the molecule is O=C(OC(Cl)(Cl)C(F)(F)C(F)(F)C(F)(F)C(F)(F)C(F)(F)C(F)(F)C(F)(F)C(F)(F)C(F)(F)C(F)(F)Cl)C(F)(F)C(F)(F)C(F)(F)C(F)(F)C(F)(F)C(F)(F)C(F)(F)C(F)(F)C(F)(F)C(F)(F)Cl. The van der Waals surface area contributed by atoms with Crippen LogP contribution in [0.5, 0.6) is 0 Å². The van der Waals surface area contributed by atoms with Gasteiger partial charge in [-0.05, 0) is 23.2 Å². The van der Waals surface area contributed by atoms with Crippen LogP contribution in [0.1, 0.15) is 0 Å². The molecule has 68 heavy (non-hydrogen) atoms. The topological polar surface area (TPSA) is 26.3 Å². The molecule has 0 aliphatic heterocycles. The van der Waals surface area contributed by atoms with E-state index in [1.807, 2.05) is 0 Å². The van der Waals surface area contributed by atoms with Crippen LogP contribution in [0.15, 0.2) is 0 Å². The second-order valence-electron chi connectivity index (χ2n) is 12.2. The first-order chi connectivity index (χ1) is 28.4. The highest BCUT2D eigenvalue weighted by Gasteiger charge is 3.01. The third-order valence-electron chi connectivity index (χ3n) is 7.86. The summed E-state index contributed by atoms with van der Waals surface area (Å²) in [7, 11) is 0. The van der Waals surface area contributed by atoms with Crippen molar-refractivity contribution in [1.29, 1.82) is 0 Å². The maximum Gasteiger partial charge on any atom is 0.411 e. The Balaban J connectivity index is 7.64. The Morgan fingerprint density at radius 1 is 0.221 bits per heavy atom.